The maximum absolute atomic E-state index is 12.2. The molecule has 5 heteroatoms. The van der Waals surface area contributed by atoms with Crippen molar-refractivity contribution in [1.29, 1.82) is 0 Å². The van der Waals surface area contributed by atoms with E-state index in [-0.39, 0.29) is 12.4 Å². The van der Waals surface area contributed by atoms with Gasteiger partial charge >= 0.3 is 11.9 Å². The number of esters is 2. The van der Waals surface area contributed by atoms with Crippen LogP contribution < -0.4 is 4.74 Å². The summed E-state index contributed by atoms with van der Waals surface area (Å²) in [4.78, 5) is 24.4. The third-order valence-electron chi connectivity index (χ3n) is 3.83. The Labute approximate surface area is 162 Å². The summed E-state index contributed by atoms with van der Waals surface area (Å²) in [6.07, 6.45) is 0.637. The van der Waals surface area contributed by atoms with Crippen LogP contribution in [-0.4, -0.2) is 18.5 Å². The molecule has 0 saturated carbocycles. The number of benzene rings is 3. The van der Waals surface area contributed by atoms with Crippen LogP contribution in [0.5, 0.6) is 5.75 Å². The van der Waals surface area contributed by atoms with Crippen molar-refractivity contribution in [3.8, 4) is 5.75 Å². The maximum Gasteiger partial charge on any atom is 0.343 e. The second-order valence-electron chi connectivity index (χ2n) is 5.80. The highest BCUT2D eigenvalue weighted by Crippen LogP contribution is 2.17. The van der Waals surface area contributed by atoms with E-state index in [1.54, 1.807) is 42.5 Å². The Bertz CT molecular complexity index is 921. The Morgan fingerprint density at radius 1 is 0.778 bits per heavy atom. The molecule has 0 N–H and O–H groups in total. The van der Waals surface area contributed by atoms with E-state index in [0.717, 1.165) is 5.56 Å². The van der Waals surface area contributed by atoms with Crippen molar-refractivity contribution >= 4 is 23.5 Å². The summed E-state index contributed by atoms with van der Waals surface area (Å²) in [6.45, 7) is 0.275. The largest absolute Gasteiger partial charge is 0.462 e. The Kier molecular flexibility index (Phi) is 6.23. The van der Waals surface area contributed by atoms with Crippen molar-refractivity contribution < 1.29 is 19.1 Å². The van der Waals surface area contributed by atoms with Gasteiger partial charge < -0.3 is 9.47 Å². The zero-order chi connectivity index (χ0) is 19.1. The fraction of sp³-hybridized carbons (Fsp3) is 0.0909. The third kappa shape index (κ3) is 5.43. The molecule has 0 heterocycles. The lowest BCUT2D eigenvalue weighted by molar-refractivity contribution is 0.0507. The van der Waals surface area contributed by atoms with Crippen molar-refractivity contribution in [2.24, 2.45) is 0 Å². The van der Waals surface area contributed by atoms with Crippen molar-refractivity contribution in [1.82, 2.24) is 0 Å². The summed E-state index contributed by atoms with van der Waals surface area (Å²) in [6, 6.07) is 22.5. The molecular formula is C22H17ClO4. The van der Waals surface area contributed by atoms with Crippen LogP contribution in [0.25, 0.3) is 0 Å². The highest BCUT2D eigenvalue weighted by atomic mass is 35.5. The minimum absolute atomic E-state index is 0.271. The number of rotatable bonds is 6. The zero-order valence-corrected chi connectivity index (χ0v) is 15.2. The van der Waals surface area contributed by atoms with Gasteiger partial charge in [-0.2, -0.15) is 0 Å². The van der Waals surface area contributed by atoms with Gasteiger partial charge in [0.05, 0.1) is 17.7 Å². The molecule has 3 rings (SSSR count). The summed E-state index contributed by atoms with van der Waals surface area (Å²) in [7, 11) is 0. The average Bonchev–Trinajstić information content (AvgIpc) is 2.69. The van der Waals surface area contributed by atoms with Crippen LogP contribution in [-0.2, 0) is 11.2 Å². The number of carbonyl (C=O) groups excluding carboxylic acids is 2. The summed E-state index contributed by atoms with van der Waals surface area (Å²) >= 11 is 5.81. The SMILES string of the molecule is O=C(OCCc1ccccc1)c1cccc(OC(=O)c2ccc(Cl)cc2)c1. The summed E-state index contributed by atoms with van der Waals surface area (Å²) in [5, 5.41) is 0.534. The normalized spacial score (nSPS) is 10.3. The molecule has 27 heavy (non-hydrogen) atoms. The molecule has 136 valence electrons. The molecule has 0 aliphatic carbocycles. The number of halogens is 1. The fourth-order valence-corrected chi connectivity index (χ4v) is 2.55. The van der Waals surface area contributed by atoms with Crippen molar-refractivity contribution in [3.63, 3.8) is 0 Å². The Hall–Kier alpha value is -3.11. The smallest absolute Gasteiger partial charge is 0.343 e. The number of hydrogen-bond acceptors (Lipinski definition) is 4. The van der Waals surface area contributed by atoms with Crippen LogP contribution in [0.1, 0.15) is 26.3 Å². The molecule has 0 unspecified atom stereocenters. The zero-order valence-electron chi connectivity index (χ0n) is 14.4. The van der Waals surface area contributed by atoms with E-state index in [9.17, 15) is 9.59 Å². The Morgan fingerprint density at radius 3 is 2.26 bits per heavy atom. The van der Waals surface area contributed by atoms with Crippen LogP contribution in [0.2, 0.25) is 5.02 Å². The molecule has 0 aromatic heterocycles. The van der Waals surface area contributed by atoms with E-state index < -0.39 is 11.9 Å². The molecule has 0 bridgehead atoms. The van der Waals surface area contributed by atoms with E-state index in [4.69, 9.17) is 21.1 Å². The lowest BCUT2D eigenvalue weighted by Gasteiger charge is -2.08. The lowest BCUT2D eigenvalue weighted by atomic mass is 10.2. The molecule has 0 spiro atoms. The van der Waals surface area contributed by atoms with Gasteiger partial charge in [0.15, 0.2) is 0 Å². The predicted molar refractivity (Wildman–Crippen MR) is 103 cm³/mol. The van der Waals surface area contributed by atoms with Crippen LogP contribution in [0.4, 0.5) is 0 Å². The molecule has 0 fully saturated rings. The van der Waals surface area contributed by atoms with Crippen LogP contribution >= 0.6 is 11.6 Å². The van der Waals surface area contributed by atoms with Gasteiger partial charge in [-0.05, 0) is 48.0 Å². The van der Waals surface area contributed by atoms with Gasteiger partial charge in [-0.1, -0.05) is 48.0 Å². The number of carbonyl (C=O) groups is 2. The standard InChI is InChI=1S/C22H17ClO4/c23-19-11-9-17(10-12-19)22(25)27-20-8-4-7-18(15-20)21(24)26-14-13-16-5-2-1-3-6-16/h1-12,15H,13-14H2. The topological polar surface area (TPSA) is 52.6 Å². The van der Waals surface area contributed by atoms with E-state index in [2.05, 4.69) is 0 Å². The van der Waals surface area contributed by atoms with Gasteiger partial charge in [-0.25, -0.2) is 9.59 Å². The lowest BCUT2D eigenvalue weighted by Crippen LogP contribution is -2.10. The first-order chi connectivity index (χ1) is 13.1. The van der Waals surface area contributed by atoms with E-state index in [0.29, 0.717) is 22.6 Å². The van der Waals surface area contributed by atoms with Gasteiger partial charge in [0, 0.05) is 11.4 Å². The highest BCUT2D eigenvalue weighted by Gasteiger charge is 2.12. The van der Waals surface area contributed by atoms with Crippen molar-refractivity contribution in [3.05, 3.63) is 101 Å². The Morgan fingerprint density at radius 2 is 1.52 bits per heavy atom. The third-order valence-corrected chi connectivity index (χ3v) is 4.08. The minimum atomic E-state index is -0.527. The van der Waals surface area contributed by atoms with Gasteiger partial charge in [0.25, 0.3) is 0 Å². The minimum Gasteiger partial charge on any atom is -0.462 e. The van der Waals surface area contributed by atoms with E-state index >= 15 is 0 Å². The monoisotopic (exact) mass is 380 g/mol. The molecule has 0 saturated heterocycles. The van der Waals surface area contributed by atoms with Crippen molar-refractivity contribution in [2.75, 3.05) is 6.61 Å². The number of ether oxygens (including phenoxy) is 2. The second-order valence-corrected chi connectivity index (χ2v) is 6.23. The molecule has 0 atom stereocenters. The first-order valence-electron chi connectivity index (χ1n) is 8.41. The predicted octanol–water partition coefficient (Wildman–Crippen LogP) is 4.96. The van der Waals surface area contributed by atoms with Gasteiger partial charge in [-0.3, -0.25) is 0 Å². The van der Waals surface area contributed by atoms with Crippen LogP contribution in [0, 0.1) is 0 Å². The molecule has 4 nitrogen and oxygen atoms in total. The highest BCUT2D eigenvalue weighted by molar-refractivity contribution is 6.30. The molecule has 3 aromatic rings. The van der Waals surface area contributed by atoms with Gasteiger partial charge in [0.2, 0.25) is 0 Å². The van der Waals surface area contributed by atoms with E-state index in [1.165, 1.54) is 6.07 Å². The van der Waals surface area contributed by atoms with Crippen LogP contribution in [0.15, 0.2) is 78.9 Å². The molecule has 0 radical (unpaired) electrons. The fourth-order valence-electron chi connectivity index (χ4n) is 2.43. The maximum atomic E-state index is 12.2. The molecule has 0 amide bonds. The first-order valence-corrected chi connectivity index (χ1v) is 8.78. The summed E-state index contributed by atoms with van der Waals surface area (Å²) in [5.41, 5.74) is 1.79. The quantitative estimate of drug-likeness (QED) is 0.448. The molecular weight excluding hydrogens is 364 g/mol. The van der Waals surface area contributed by atoms with Gasteiger partial charge in [-0.15, -0.1) is 0 Å². The molecule has 0 aliphatic rings. The molecule has 3 aromatic carbocycles. The van der Waals surface area contributed by atoms with Gasteiger partial charge in [0.1, 0.15) is 5.75 Å². The summed E-state index contributed by atoms with van der Waals surface area (Å²) in [5.74, 6) is -0.718. The average molecular weight is 381 g/mol. The van der Waals surface area contributed by atoms with Crippen molar-refractivity contribution in [2.45, 2.75) is 6.42 Å². The first kappa shape index (κ1) is 18.7. The number of hydrogen-bond donors (Lipinski definition) is 0. The Balaban J connectivity index is 1.58. The summed E-state index contributed by atoms with van der Waals surface area (Å²) < 4.78 is 10.6. The van der Waals surface area contributed by atoms with E-state index in [1.807, 2.05) is 30.3 Å². The molecule has 0 aliphatic heterocycles. The van der Waals surface area contributed by atoms with Crippen LogP contribution in [0.3, 0.4) is 0 Å². The second kappa shape index (κ2) is 9.01.